The highest BCUT2D eigenvalue weighted by Gasteiger charge is 2.37. The Morgan fingerprint density at radius 3 is 2.29 bits per heavy atom. The number of hydrogen-bond acceptors (Lipinski definition) is 1. The van der Waals surface area contributed by atoms with Gasteiger partial charge in [0.1, 0.15) is 0 Å². The molecule has 0 aliphatic heterocycles. The van der Waals surface area contributed by atoms with Crippen LogP contribution < -0.4 is 0 Å². The topological polar surface area (TPSA) is 17.1 Å². The maximum atomic E-state index is 10.2. The summed E-state index contributed by atoms with van der Waals surface area (Å²) in [5.74, 6) is 0.756. The minimum absolute atomic E-state index is 0.160. The summed E-state index contributed by atoms with van der Waals surface area (Å²) in [6, 6.07) is 0. The minimum atomic E-state index is -0.160. The monoisotopic (exact) mass is 118 g/mol. The second-order valence-electron chi connectivity index (χ2n) is 2.12. The van der Waals surface area contributed by atoms with E-state index in [1.54, 1.807) is 0 Å². The summed E-state index contributed by atoms with van der Waals surface area (Å²) in [5.41, 5.74) is 0. The average molecular weight is 119 g/mol. The zero-order chi connectivity index (χ0) is 5.44. The van der Waals surface area contributed by atoms with Crippen molar-refractivity contribution in [1.29, 1.82) is 0 Å². The second kappa shape index (κ2) is 1.48. The fraction of sp³-hybridized carbons (Fsp3) is 0.800. The molecule has 2 heteroatoms. The molecule has 1 fully saturated rings. The molecule has 0 aromatic rings. The van der Waals surface area contributed by atoms with Gasteiger partial charge in [0.25, 0.3) is 0 Å². The Bertz CT molecular complexity index is 100. The Labute approximate surface area is 47.7 Å². The van der Waals surface area contributed by atoms with E-state index in [2.05, 4.69) is 0 Å². The molecule has 0 saturated heterocycles. The van der Waals surface area contributed by atoms with Gasteiger partial charge in [-0.1, -0.05) is 6.92 Å². The van der Waals surface area contributed by atoms with E-state index in [-0.39, 0.29) is 11.2 Å². The number of rotatable bonds is 1. The summed E-state index contributed by atoms with van der Waals surface area (Å²) in [4.78, 5) is 10.2. The Balaban J connectivity index is 2.33. The van der Waals surface area contributed by atoms with E-state index in [1.165, 1.54) is 0 Å². The molecular formula is C5H7ClO. The summed E-state index contributed by atoms with van der Waals surface area (Å²) in [5, 5.41) is -0.160. The van der Waals surface area contributed by atoms with Gasteiger partial charge in [0, 0.05) is 5.92 Å². The first-order chi connectivity index (χ1) is 3.22. The van der Waals surface area contributed by atoms with Crippen LogP contribution in [0.1, 0.15) is 13.3 Å². The minimum Gasteiger partial charge on any atom is -0.281 e. The van der Waals surface area contributed by atoms with E-state index in [0.29, 0.717) is 5.92 Å². The first kappa shape index (κ1) is 5.10. The van der Waals surface area contributed by atoms with Gasteiger partial charge in [0.2, 0.25) is 5.24 Å². The lowest BCUT2D eigenvalue weighted by Gasteiger charge is -1.77. The van der Waals surface area contributed by atoms with Crippen LogP contribution in [0, 0.1) is 11.8 Å². The highest BCUT2D eigenvalue weighted by atomic mass is 35.5. The molecule has 1 rings (SSSR count). The maximum Gasteiger partial charge on any atom is 0.224 e. The lowest BCUT2D eigenvalue weighted by atomic mass is 10.4. The van der Waals surface area contributed by atoms with Gasteiger partial charge in [-0.2, -0.15) is 0 Å². The van der Waals surface area contributed by atoms with E-state index in [1.807, 2.05) is 6.92 Å². The Hall–Kier alpha value is -0.0400. The molecular weight excluding hydrogens is 112 g/mol. The average Bonchev–Trinajstić information content (AvgIpc) is 2.17. The van der Waals surface area contributed by atoms with Crippen LogP contribution in [0.5, 0.6) is 0 Å². The summed E-state index contributed by atoms with van der Waals surface area (Å²) < 4.78 is 0. The SMILES string of the molecule is CC1C[C@H]1C(=O)Cl. The van der Waals surface area contributed by atoms with Crippen molar-refractivity contribution in [3.05, 3.63) is 0 Å². The molecule has 2 atom stereocenters. The quantitative estimate of drug-likeness (QED) is 0.476. The molecule has 0 amide bonds. The van der Waals surface area contributed by atoms with E-state index in [9.17, 15) is 4.79 Å². The third-order valence-electron chi connectivity index (χ3n) is 1.40. The van der Waals surface area contributed by atoms with Gasteiger partial charge in [0.05, 0.1) is 0 Å². The summed E-state index contributed by atoms with van der Waals surface area (Å²) in [7, 11) is 0. The highest BCUT2D eigenvalue weighted by Crippen LogP contribution is 2.39. The van der Waals surface area contributed by atoms with Crippen molar-refractivity contribution in [2.45, 2.75) is 13.3 Å². The molecule has 1 unspecified atom stereocenters. The van der Waals surface area contributed by atoms with Crippen LogP contribution in [0.2, 0.25) is 0 Å². The van der Waals surface area contributed by atoms with Crippen molar-refractivity contribution >= 4 is 16.8 Å². The fourth-order valence-electron chi connectivity index (χ4n) is 0.638. The molecule has 0 N–H and O–H groups in total. The van der Waals surface area contributed by atoms with Crippen molar-refractivity contribution in [3.8, 4) is 0 Å². The standard InChI is InChI=1S/C5H7ClO/c1-3-2-4(3)5(6)7/h3-4H,2H2,1H3/t3?,4-/m1/s1. The van der Waals surface area contributed by atoms with Gasteiger partial charge in [-0.15, -0.1) is 0 Å². The first-order valence-corrected chi connectivity index (χ1v) is 2.79. The normalized spacial score (nSPS) is 38.0. The van der Waals surface area contributed by atoms with Crippen LogP contribution >= 0.6 is 11.6 Å². The van der Waals surface area contributed by atoms with Crippen LogP contribution in [0.3, 0.4) is 0 Å². The predicted octanol–water partition coefficient (Wildman–Crippen LogP) is 1.41. The van der Waals surface area contributed by atoms with Crippen LogP contribution in [-0.4, -0.2) is 5.24 Å². The van der Waals surface area contributed by atoms with Gasteiger partial charge in [-0.3, -0.25) is 4.79 Å². The molecule has 0 aromatic carbocycles. The third kappa shape index (κ3) is 0.942. The lowest BCUT2D eigenvalue weighted by molar-refractivity contribution is -0.112. The maximum absolute atomic E-state index is 10.2. The Morgan fingerprint density at radius 2 is 2.29 bits per heavy atom. The van der Waals surface area contributed by atoms with Crippen LogP contribution in [-0.2, 0) is 4.79 Å². The first-order valence-electron chi connectivity index (χ1n) is 2.41. The smallest absolute Gasteiger partial charge is 0.224 e. The van der Waals surface area contributed by atoms with Crippen LogP contribution in [0.15, 0.2) is 0 Å². The molecule has 1 aliphatic rings. The van der Waals surface area contributed by atoms with Crippen molar-refractivity contribution < 1.29 is 4.79 Å². The lowest BCUT2D eigenvalue weighted by Crippen LogP contribution is -1.87. The fourth-order valence-corrected chi connectivity index (χ4v) is 0.942. The van der Waals surface area contributed by atoms with Crippen LogP contribution in [0.4, 0.5) is 0 Å². The summed E-state index contributed by atoms with van der Waals surface area (Å²) in [6.07, 6.45) is 1.00. The summed E-state index contributed by atoms with van der Waals surface area (Å²) in [6.45, 7) is 2.03. The van der Waals surface area contributed by atoms with Crippen LogP contribution in [0.25, 0.3) is 0 Å². The molecule has 0 heterocycles. The van der Waals surface area contributed by atoms with Crippen molar-refractivity contribution in [3.63, 3.8) is 0 Å². The van der Waals surface area contributed by atoms with Crippen molar-refractivity contribution in [2.24, 2.45) is 11.8 Å². The molecule has 1 saturated carbocycles. The summed E-state index contributed by atoms with van der Waals surface area (Å²) >= 11 is 5.13. The highest BCUT2D eigenvalue weighted by molar-refractivity contribution is 6.64. The molecule has 0 spiro atoms. The van der Waals surface area contributed by atoms with Gasteiger partial charge < -0.3 is 0 Å². The van der Waals surface area contributed by atoms with Crippen molar-refractivity contribution in [1.82, 2.24) is 0 Å². The predicted molar refractivity (Wildman–Crippen MR) is 28.1 cm³/mol. The van der Waals surface area contributed by atoms with E-state index in [4.69, 9.17) is 11.6 Å². The molecule has 40 valence electrons. The molecule has 1 nitrogen and oxygen atoms in total. The molecule has 1 aliphatic carbocycles. The Morgan fingerprint density at radius 1 is 1.86 bits per heavy atom. The molecule has 0 bridgehead atoms. The molecule has 0 radical (unpaired) electrons. The zero-order valence-electron chi connectivity index (χ0n) is 4.15. The van der Waals surface area contributed by atoms with Crippen molar-refractivity contribution in [2.75, 3.05) is 0 Å². The van der Waals surface area contributed by atoms with E-state index in [0.717, 1.165) is 6.42 Å². The molecule has 7 heavy (non-hydrogen) atoms. The number of halogens is 1. The zero-order valence-corrected chi connectivity index (χ0v) is 4.90. The second-order valence-corrected chi connectivity index (χ2v) is 2.50. The van der Waals surface area contributed by atoms with E-state index >= 15 is 0 Å². The largest absolute Gasteiger partial charge is 0.281 e. The van der Waals surface area contributed by atoms with Gasteiger partial charge in [-0.05, 0) is 23.9 Å². The van der Waals surface area contributed by atoms with Gasteiger partial charge in [-0.25, -0.2) is 0 Å². The third-order valence-corrected chi connectivity index (χ3v) is 1.68. The van der Waals surface area contributed by atoms with E-state index < -0.39 is 0 Å². The number of carbonyl (C=O) groups excluding carboxylic acids is 1. The van der Waals surface area contributed by atoms with Gasteiger partial charge in [0.15, 0.2) is 0 Å². The Kier molecular flexibility index (Phi) is 1.08. The number of carbonyl (C=O) groups is 1. The molecule has 0 aromatic heterocycles. The van der Waals surface area contributed by atoms with Gasteiger partial charge >= 0.3 is 0 Å². The number of hydrogen-bond donors (Lipinski definition) is 0.